The Labute approximate surface area is 114 Å². The van der Waals surface area contributed by atoms with Gasteiger partial charge >= 0.3 is 0 Å². The second-order valence-electron chi connectivity index (χ2n) is 3.57. The third kappa shape index (κ3) is 2.02. The van der Waals surface area contributed by atoms with Gasteiger partial charge in [0.2, 0.25) is 0 Å². The number of carbonyl (C=O) groups is 1. The summed E-state index contributed by atoms with van der Waals surface area (Å²) in [6.45, 7) is 0. The zero-order valence-corrected chi connectivity index (χ0v) is 11.4. The smallest absolute Gasteiger partial charge is 0.276 e. The molecule has 0 saturated carbocycles. The third-order valence-corrected chi connectivity index (χ3v) is 3.94. The first-order valence-electron chi connectivity index (χ1n) is 5.07. The van der Waals surface area contributed by atoms with Crippen LogP contribution in [0.15, 0.2) is 33.8 Å². The second kappa shape index (κ2) is 4.51. The first kappa shape index (κ1) is 11.4. The molecule has 0 bridgehead atoms. The molecular formula is C11H7BrN4OS. The molecule has 3 aromatic rings. The lowest BCUT2D eigenvalue weighted by atomic mass is 10.3. The number of hydrogen-bond acceptors (Lipinski definition) is 4. The van der Waals surface area contributed by atoms with Crippen LogP contribution in [0.25, 0.3) is 11.0 Å². The van der Waals surface area contributed by atoms with Crippen LogP contribution in [0, 0.1) is 0 Å². The molecule has 18 heavy (non-hydrogen) atoms. The Balaban J connectivity index is 1.88. The SMILES string of the molecule is O=C(Nc1cnc2[nH]ccc2c1)c1ncsc1Br. The molecule has 0 aliphatic carbocycles. The van der Waals surface area contributed by atoms with Crippen molar-refractivity contribution in [2.75, 3.05) is 5.32 Å². The predicted molar refractivity (Wildman–Crippen MR) is 73.9 cm³/mol. The molecule has 0 spiro atoms. The average molecular weight is 323 g/mol. The number of hydrogen-bond donors (Lipinski definition) is 2. The molecule has 1 amide bonds. The van der Waals surface area contributed by atoms with E-state index in [4.69, 9.17) is 0 Å². The number of aromatic nitrogens is 3. The van der Waals surface area contributed by atoms with E-state index in [1.54, 1.807) is 17.9 Å². The van der Waals surface area contributed by atoms with Gasteiger partial charge in [-0.2, -0.15) is 0 Å². The minimum Gasteiger partial charge on any atom is -0.346 e. The fourth-order valence-corrected chi connectivity index (χ4v) is 2.62. The number of thiazole rings is 1. The maximum atomic E-state index is 11.9. The molecule has 3 heterocycles. The average Bonchev–Trinajstić information content (AvgIpc) is 2.96. The number of halogens is 1. The molecule has 0 aliphatic heterocycles. The van der Waals surface area contributed by atoms with Gasteiger partial charge in [0.15, 0.2) is 5.69 Å². The van der Waals surface area contributed by atoms with E-state index < -0.39 is 0 Å². The number of H-pyrrole nitrogens is 1. The summed E-state index contributed by atoms with van der Waals surface area (Å²) in [6.07, 6.45) is 3.41. The summed E-state index contributed by atoms with van der Waals surface area (Å²) >= 11 is 4.66. The summed E-state index contributed by atoms with van der Waals surface area (Å²) < 4.78 is 0.718. The summed E-state index contributed by atoms with van der Waals surface area (Å²) in [5.74, 6) is -0.250. The van der Waals surface area contributed by atoms with Crippen LogP contribution in [0.4, 0.5) is 5.69 Å². The van der Waals surface area contributed by atoms with Crippen molar-refractivity contribution in [2.45, 2.75) is 0 Å². The number of amides is 1. The largest absolute Gasteiger partial charge is 0.346 e. The molecule has 0 saturated heterocycles. The normalized spacial score (nSPS) is 10.7. The summed E-state index contributed by atoms with van der Waals surface area (Å²) in [7, 11) is 0. The van der Waals surface area contributed by atoms with E-state index in [1.807, 2.05) is 12.1 Å². The topological polar surface area (TPSA) is 70.7 Å². The lowest BCUT2D eigenvalue weighted by Gasteiger charge is -2.03. The number of fused-ring (bicyclic) bond motifs is 1. The van der Waals surface area contributed by atoms with Crippen molar-refractivity contribution in [2.24, 2.45) is 0 Å². The zero-order chi connectivity index (χ0) is 12.5. The van der Waals surface area contributed by atoms with Crippen molar-refractivity contribution < 1.29 is 4.79 Å². The van der Waals surface area contributed by atoms with E-state index >= 15 is 0 Å². The number of nitrogens with zero attached hydrogens (tertiary/aromatic N) is 2. The predicted octanol–water partition coefficient (Wildman–Crippen LogP) is 3.03. The van der Waals surface area contributed by atoms with Crippen LogP contribution in [0.2, 0.25) is 0 Å². The van der Waals surface area contributed by atoms with Gasteiger partial charge in [-0.3, -0.25) is 4.79 Å². The van der Waals surface area contributed by atoms with Gasteiger partial charge < -0.3 is 10.3 Å². The Kier molecular flexibility index (Phi) is 2.85. The third-order valence-electron chi connectivity index (χ3n) is 2.40. The van der Waals surface area contributed by atoms with E-state index in [0.717, 1.165) is 14.8 Å². The maximum absolute atomic E-state index is 11.9. The standard InChI is InChI=1S/C11H7BrN4OS/c12-9-8(15-5-18-9)11(17)16-7-3-6-1-2-13-10(6)14-4-7/h1-5H,(H,13,14)(H,16,17). The van der Waals surface area contributed by atoms with Crippen LogP contribution < -0.4 is 5.32 Å². The Morgan fingerprint density at radius 2 is 2.33 bits per heavy atom. The molecule has 0 fully saturated rings. The second-order valence-corrected chi connectivity index (χ2v) is 5.74. The van der Waals surface area contributed by atoms with Crippen LogP contribution in [0.1, 0.15) is 10.5 Å². The van der Waals surface area contributed by atoms with Crippen LogP contribution >= 0.6 is 27.3 Å². The molecule has 5 nitrogen and oxygen atoms in total. The quantitative estimate of drug-likeness (QED) is 0.761. The highest BCUT2D eigenvalue weighted by atomic mass is 79.9. The first-order valence-corrected chi connectivity index (χ1v) is 6.75. The summed E-state index contributed by atoms with van der Waals surface area (Å²) in [5, 5.41) is 3.72. The lowest BCUT2D eigenvalue weighted by molar-refractivity contribution is 0.102. The van der Waals surface area contributed by atoms with Gasteiger partial charge in [0.1, 0.15) is 9.43 Å². The van der Waals surface area contributed by atoms with Gasteiger partial charge in [-0.15, -0.1) is 11.3 Å². The van der Waals surface area contributed by atoms with Crippen molar-refractivity contribution in [3.63, 3.8) is 0 Å². The van der Waals surface area contributed by atoms with E-state index in [1.165, 1.54) is 11.3 Å². The van der Waals surface area contributed by atoms with Crippen molar-refractivity contribution in [3.05, 3.63) is 39.5 Å². The van der Waals surface area contributed by atoms with Crippen molar-refractivity contribution in [3.8, 4) is 0 Å². The highest BCUT2D eigenvalue weighted by Crippen LogP contribution is 2.22. The van der Waals surface area contributed by atoms with E-state index in [2.05, 4.69) is 36.2 Å². The van der Waals surface area contributed by atoms with Gasteiger partial charge in [-0.05, 0) is 28.1 Å². The lowest BCUT2D eigenvalue weighted by Crippen LogP contribution is -2.12. The number of pyridine rings is 1. The zero-order valence-electron chi connectivity index (χ0n) is 8.98. The monoisotopic (exact) mass is 322 g/mol. The fraction of sp³-hybridized carbons (Fsp3) is 0. The van der Waals surface area contributed by atoms with Crippen molar-refractivity contribution in [1.29, 1.82) is 0 Å². The Bertz CT molecular complexity index is 720. The molecule has 0 atom stereocenters. The Hall–Kier alpha value is -1.73. The molecule has 90 valence electrons. The van der Waals surface area contributed by atoms with Crippen LogP contribution in [0.5, 0.6) is 0 Å². The van der Waals surface area contributed by atoms with Crippen LogP contribution in [-0.4, -0.2) is 20.9 Å². The Morgan fingerprint density at radius 3 is 3.11 bits per heavy atom. The molecule has 0 unspecified atom stereocenters. The minimum absolute atomic E-state index is 0.250. The van der Waals surface area contributed by atoms with Gasteiger partial charge in [0.25, 0.3) is 5.91 Å². The van der Waals surface area contributed by atoms with Gasteiger partial charge in [-0.1, -0.05) is 0 Å². The molecular weight excluding hydrogens is 316 g/mol. The summed E-state index contributed by atoms with van der Waals surface area (Å²) in [4.78, 5) is 23.1. The summed E-state index contributed by atoms with van der Waals surface area (Å²) in [6, 6.07) is 3.76. The minimum atomic E-state index is -0.250. The van der Waals surface area contributed by atoms with Crippen LogP contribution in [-0.2, 0) is 0 Å². The molecule has 0 aliphatic rings. The highest BCUT2D eigenvalue weighted by molar-refractivity contribution is 9.11. The van der Waals surface area contributed by atoms with Gasteiger partial charge in [-0.25, -0.2) is 9.97 Å². The van der Waals surface area contributed by atoms with Gasteiger partial charge in [0, 0.05) is 11.6 Å². The van der Waals surface area contributed by atoms with E-state index in [-0.39, 0.29) is 5.91 Å². The number of anilines is 1. The number of carbonyl (C=O) groups excluding carboxylic acids is 1. The number of aromatic amines is 1. The molecule has 3 rings (SSSR count). The molecule has 0 aromatic carbocycles. The Morgan fingerprint density at radius 1 is 1.44 bits per heavy atom. The molecule has 0 radical (unpaired) electrons. The first-order chi connectivity index (χ1) is 8.74. The van der Waals surface area contributed by atoms with Gasteiger partial charge in [0.05, 0.1) is 17.4 Å². The summed E-state index contributed by atoms with van der Waals surface area (Å²) in [5.41, 5.74) is 3.44. The highest BCUT2D eigenvalue weighted by Gasteiger charge is 2.13. The molecule has 7 heteroatoms. The molecule has 2 N–H and O–H groups in total. The molecule has 3 aromatic heterocycles. The fourth-order valence-electron chi connectivity index (χ4n) is 1.58. The van der Waals surface area contributed by atoms with E-state index in [9.17, 15) is 4.79 Å². The van der Waals surface area contributed by atoms with Crippen LogP contribution in [0.3, 0.4) is 0 Å². The van der Waals surface area contributed by atoms with Crippen molar-refractivity contribution >= 4 is 49.9 Å². The van der Waals surface area contributed by atoms with E-state index in [0.29, 0.717) is 11.4 Å². The number of rotatable bonds is 2. The maximum Gasteiger partial charge on any atom is 0.276 e. The number of nitrogens with one attached hydrogen (secondary N) is 2. The van der Waals surface area contributed by atoms with Crippen molar-refractivity contribution in [1.82, 2.24) is 15.0 Å².